The van der Waals surface area contributed by atoms with Gasteiger partial charge in [-0.1, -0.05) is 50.2 Å². The zero-order chi connectivity index (χ0) is 20.6. The summed E-state index contributed by atoms with van der Waals surface area (Å²) >= 11 is 0. The topological polar surface area (TPSA) is 30.8 Å². The average Bonchev–Trinajstić information content (AvgIpc) is 2.68. The molecule has 0 aliphatic rings. The Balaban J connectivity index is 1.83. The first-order chi connectivity index (χ1) is 14.0. The van der Waals surface area contributed by atoms with Crippen LogP contribution in [0, 0.1) is 13.8 Å². The van der Waals surface area contributed by atoms with Crippen LogP contribution in [-0.2, 0) is 0 Å². The van der Waals surface area contributed by atoms with Crippen molar-refractivity contribution in [2.45, 2.75) is 33.6 Å². The van der Waals surface area contributed by atoms with Crippen molar-refractivity contribution in [3.8, 4) is 11.5 Å². The molecule has 3 nitrogen and oxygen atoms in total. The lowest BCUT2D eigenvalue weighted by molar-refractivity contribution is 0.478. The molecule has 0 radical (unpaired) electrons. The molecule has 0 atom stereocenters. The van der Waals surface area contributed by atoms with Crippen molar-refractivity contribution in [3.63, 3.8) is 0 Å². The summed E-state index contributed by atoms with van der Waals surface area (Å²) in [5.74, 6) is 2.46. The van der Waals surface area contributed by atoms with E-state index < -0.39 is 0 Å². The third kappa shape index (κ3) is 6.35. The summed E-state index contributed by atoms with van der Waals surface area (Å²) in [7, 11) is 0. The molecule has 0 aliphatic carbocycles. The van der Waals surface area contributed by atoms with Gasteiger partial charge in [-0.2, -0.15) is 0 Å². The molecule has 0 aliphatic heterocycles. The summed E-state index contributed by atoms with van der Waals surface area (Å²) in [6.45, 7) is 8.42. The Bertz CT molecular complexity index is 1000. The fourth-order valence-electron chi connectivity index (χ4n) is 2.81. The minimum atomic E-state index is 0.459. The molecule has 0 amide bonds. The maximum Gasteiger partial charge on any atom is 0.222 e. The standard InChI is InChI=1S/C26H27NO2/c1-19(2)22-11-13-23(14-12-22)27-26(29-25-10-6-8-21(4)18-25)15-16-28-24-9-5-7-20(3)17-24/h5-19H,1-4H3. The monoisotopic (exact) mass is 385 g/mol. The van der Waals surface area contributed by atoms with Crippen LogP contribution in [0.2, 0.25) is 0 Å². The molecule has 3 aromatic rings. The van der Waals surface area contributed by atoms with Gasteiger partial charge in [-0.05, 0) is 72.9 Å². The van der Waals surface area contributed by atoms with Crippen LogP contribution >= 0.6 is 0 Å². The van der Waals surface area contributed by atoms with Gasteiger partial charge in [0.15, 0.2) is 0 Å². The van der Waals surface area contributed by atoms with E-state index in [-0.39, 0.29) is 0 Å². The number of hydrogen-bond acceptors (Lipinski definition) is 3. The molecule has 0 fully saturated rings. The summed E-state index contributed by atoms with van der Waals surface area (Å²) in [6.07, 6.45) is 3.34. The van der Waals surface area contributed by atoms with Crippen LogP contribution < -0.4 is 9.47 Å². The van der Waals surface area contributed by atoms with Gasteiger partial charge in [0.05, 0.1) is 11.9 Å². The predicted molar refractivity (Wildman–Crippen MR) is 120 cm³/mol. The number of benzene rings is 3. The maximum absolute atomic E-state index is 6.02. The Labute approximate surface area is 173 Å². The van der Waals surface area contributed by atoms with Gasteiger partial charge in [0.1, 0.15) is 11.5 Å². The second-order valence-electron chi connectivity index (χ2n) is 7.35. The predicted octanol–water partition coefficient (Wildman–Crippen LogP) is 7.13. The van der Waals surface area contributed by atoms with Crippen LogP contribution in [0.1, 0.15) is 36.5 Å². The molecular weight excluding hydrogens is 358 g/mol. The van der Waals surface area contributed by atoms with Gasteiger partial charge in [-0.15, -0.1) is 0 Å². The Kier molecular flexibility index (Phi) is 6.85. The smallest absolute Gasteiger partial charge is 0.222 e. The van der Waals surface area contributed by atoms with Gasteiger partial charge in [-0.25, -0.2) is 4.99 Å². The zero-order valence-corrected chi connectivity index (χ0v) is 17.4. The number of aryl methyl sites for hydroxylation is 2. The van der Waals surface area contributed by atoms with E-state index in [1.165, 1.54) is 5.56 Å². The third-order valence-corrected chi connectivity index (χ3v) is 4.42. The highest BCUT2D eigenvalue weighted by Crippen LogP contribution is 2.21. The van der Waals surface area contributed by atoms with Gasteiger partial charge < -0.3 is 9.47 Å². The summed E-state index contributed by atoms with van der Waals surface area (Å²) < 4.78 is 11.7. The van der Waals surface area contributed by atoms with Crippen molar-refractivity contribution in [3.05, 3.63) is 102 Å². The van der Waals surface area contributed by atoms with Crippen LogP contribution in [0.4, 0.5) is 5.69 Å². The van der Waals surface area contributed by atoms with Crippen molar-refractivity contribution in [2.24, 2.45) is 4.99 Å². The first-order valence-electron chi connectivity index (χ1n) is 9.82. The van der Waals surface area contributed by atoms with Gasteiger partial charge in [0, 0.05) is 6.08 Å². The SMILES string of the molecule is Cc1cccc(OC=CC(=Nc2ccc(C(C)C)cc2)Oc2cccc(C)c2)c1. The Morgan fingerprint density at radius 2 is 1.45 bits per heavy atom. The highest BCUT2D eigenvalue weighted by Gasteiger charge is 2.03. The van der Waals surface area contributed by atoms with E-state index in [2.05, 4.69) is 31.0 Å². The van der Waals surface area contributed by atoms with E-state index in [4.69, 9.17) is 9.47 Å². The van der Waals surface area contributed by atoms with E-state index in [1.54, 1.807) is 12.3 Å². The molecule has 0 bridgehead atoms. The van der Waals surface area contributed by atoms with Crippen molar-refractivity contribution in [1.82, 2.24) is 0 Å². The second-order valence-corrected chi connectivity index (χ2v) is 7.35. The molecule has 29 heavy (non-hydrogen) atoms. The fourth-order valence-corrected chi connectivity index (χ4v) is 2.81. The van der Waals surface area contributed by atoms with Crippen LogP contribution in [0.25, 0.3) is 0 Å². The number of ether oxygens (including phenoxy) is 2. The summed E-state index contributed by atoms with van der Waals surface area (Å²) in [5, 5.41) is 0. The van der Waals surface area contributed by atoms with Crippen LogP contribution in [0.15, 0.2) is 90.1 Å². The minimum Gasteiger partial charge on any atom is -0.465 e. The van der Waals surface area contributed by atoms with Crippen LogP contribution in [0.3, 0.4) is 0 Å². The van der Waals surface area contributed by atoms with Crippen molar-refractivity contribution >= 4 is 11.6 Å². The van der Waals surface area contributed by atoms with Crippen molar-refractivity contribution < 1.29 is 9.47 Å². The van der Waals surface area contributed by atoms with Crippen molar-refractivity contribution in [1.29, 1.82) is 0 Å². The molecule has 3 rings (SSSR count). The number of aliphatic imine (C=N–C) groups is 1. The zero-order valence-electron chi connectivity index (χ0n) is 17.4. The lowest BCUT2D eigenvalue weighted by atomic mass is 10.0. The van der Waals surface area contributed by atoms with E-state index in [0.29, 0.717) is 11.8 Å². The normalized spacial score (nSPS) is 11.8. The van der Waals surface area contributed by atoms with Gasteiger partial charge in [0.2, 0.25) is 5.90 Å². The second kappa shape index (κ2) is 9.74. The van der Waals surface area contributed by atoms with Crippen molar-refractivity contribution in [2.75, 3.05) is 0 Å². The maximum atomic E-state index is 6.02. The highest BCUT2D eigenvalue weighted by molar-refractivity contribution is 5.91. The molecule has 0 heterocycles. The molecule has 0 spiro atoms. The summed E-state index contributed by atoms with van der Waals surface area (Å²) in [5.41, 5.74) is 4.38. The van der Waals surface area contributed by atoms with Gasteiger partial charge in [0.25, 0.3) is 0 Å². The largest absolute Gasteiger partial charge is 0.465 e. The van der Waals surface area contributed by atoms with E-state index >= 15 is 0 Å². The Hall–Kier alpha value is -3.33. The molecule has 0 saturated carbocycles. The molecule has 0 aromatic heterocycles. The quantitative estimate of drug-likeness (QED) is 0.257. The molecule has 3 aromatic carbocycles. The van der Waals surface area contributed by atoms with Crippen LogP contribution in [0.5, 0.6) is 11.5 Å². The first-order valence-corrected chi connectivity index (χ1v) is 9.82. The average molecular weight is 386 g/mol. The number of rotatable bonds is 6. The third-order valence-electron chi connectivity index (χ3n) is 4.42. The highest BCUT2D eigenvalue weighted by atomic mass is 16.5. The minimum absolute atomic E-state index is 0.459. The Morgan fingerprint density at radius 3 is 2.07 bits per heavy atom. The lowest BCUT2D eigenvalue weighted by Gasteiger charge is -2.08. The molecule has 0 unspecified atom stereocenters. The number of nitrogens with zero attached hydrogens (tertiary/aromatic N) is 1. The Morgan fingerprint density at radius 1 is 0.828 bits per heavy atom. The van der Waals surface area contributed by atoms with E-state index in [0.717, 1.165) is 28.3 Å². The van der Waals surface area contributed by atoms with Gasteiger partial charge in [-0.3, -0.25) is 0 Å². The molecule has 3 heteroatoms. The first kappa shape index (κ1) is 20.4. The van der Waals surface area contributed by atoms with Crippen LogP contribution in [-0.4, -0.2) is 5.90 Å². The lowest BCUT2D eigenvalue weighted by Crippen LogP contribution is -2.05. The van der Waals surface area contributed by atoms with Gasteiger partial charge >= 0.3 is 0 Å². The fraction of sp³-hybridized carbons (Fsp3) is 0.192. The molecule has 148 valence electrons. The van der Waals surface area contributed by atoms with E-state index in [9.17, 15) is 0 Å². The molecule has 0 saturated heterocycles. The molecular formula is C26H27NO2. The summed E-state index contributed by atoms with van der Waals surface area (Å²) in [4.78, 5) is 4.66. The number of hydrogen-bond donors (Lipinski definition) is 0. The summed E-state index contributed by atoms with van der Waals surface area (Å²) in [6, 6.07) is 24.0. The van der Waals surface area contributed by atoms with E-state index in [1.807, 2.05) is 74.5 Å². The molecule has 0 N–H and O–H groups in total.